The van der Waals surface area contributed by atoms with Gasteiger partial charge in [-0.05, 0) is 130 Å². The smallest absolute Gasteiger partial charge is 0.266 e. The minimum absolute atomic E-state index is 0.178. The monoisotopic (exact) mass is 600 g/mol. The summed E-state index contributed by atoms with van der Waals surface area (Å²) >= 11 is 9.68. The maximum atomic E-state index is 12.3. The summed E-state index contributed by atoms with van der Waals surface area (Å²) in [4.78, 5) is 12.3. The summed E-state index contributed by atoms with van der Waals surface area (Å²) in [6, 6.07) is 22.2. The van der Waals surface area contributed by atoms with Crippen molar-refractivity contribution >= 4 is 79.9 Å². The summed E-state index contributed by atoms with van der Waals surface area (Å²) in [7, 11) is 0. The van der Waals surface area contributed by atoms with Gasteiger partial charge < -0.3 is 15.4 Å². The average Bonchev–Trinajstić information content (AvgIpc) is 2.66. The molecule has 0 radical (unpaired) electrons. The van der Waals surface area contributed by atoms with E-state index in [2.05, 4.69) is 55.8 Å². The maximum Gasteiger partial charge on any atom is 0.266 e. The Morgan fingerprint density at radius 3 is 1.74 bits per heavy atom. The number of ether oxygens (including phenoxy) is 1. The van der Waals surface area contributed by atoms with E-state index in [1.54, 1.807) is 24.3 Å². The van der Waals surface area contributed by atoms with Gasteiger partial charge in [-0.2, -0.15) is 0 Å². The summed E-state index contributed by atoms with van der Waals surface area (Å²) in [6.45, 7) is 0. The molecule has 27 heavy (non-hydrogen) atoms. The predicted molar refractivity (Wildman–Crippen MR) is 130 cm³/mol. The zero-order valence-electron chi connectivity index (χ0n) is 13.9. The molecule has 0 bridgehead atoms. The molecular weight excluding hydrogens is 586 g/mol. The summed E-state index contributed by atoms with van der Waals surface area (Å²) < 4.78 is 7.86. The molecule has 0 aliphatic carbocycles. The highest BCUT2D eigenvalue weighted by Gasteiger charge is 2.07. The Morgan fingerprint density at radius 1 is 0.741 bits per heavy atom. The first-order valence-electron chi connectivity index (χ1n) is 7.91. The molecule has 1 amide bonds. The zero-order valence-corrected chi connectivity index (χ0v) is 19.0. The van der Waals surface area contributed by atoms with Crippen molar-refractivity contribution in [2.45, 2.75) is 0 Å². The molecule has 0 aliphatic heterocycles. The van der Waals surface area contributed by atoms with Crippen molar-refractivity contribution in [2.24, 2.45) is 0 Å². The molecule has 0 fully saturated rings. The fraction of sp³-hybridized carbons (Fsp3) is 0. The van der Waals surface area contributed by atoms with Crippen molar-refractivity contribution in [1.29, 1.82) is 0 Å². The molecule has 0 aromatic heterocycles. The van der Waals surface area contributed by atoms with E-state index in [0.717, 1.165) is 18.5 Å². The average molecular weight is 600 g/mol. The Morgan fingerprint density at radius 2 is 1.22 bits per heavy atom. The van der Waals surface area contributed by atoms with Crippen molar-refractivity contribution in [3.8, 4) is 5.75 Å². The first kappa shape index (κ1) is 20.0. The molecule has 0 aliphatic rings. The topological polar surface area (TPSA) is 50.4 Å². The number of nitrogens with one attached hydrogen (secondary N) is 2. The molecule has 3 aromatic carbocycles. The second-order valence-corrected chi connectivity index (χ2v) is 8.37. The molecule has 3 rings (SSSR count). The van der Waals surface area contributed by atoms with Gasteiger partial charge in [-0.3, -0.25) is 4.79 Å². The first-order chi connectivity index (χ1) is 13.0. The lowest BCUT2D eigenvalue weighted by atomic mass is 10.2. The number of thiocarbonyl (C=S) groups is 1. The third kappa shape index (κ3) is 6.15. The Bertz CT molecular complexity index is 943. The van der Waals surface area contributed by atoms with Crippen molar-refractivity contribution in [1.82, 2.24) is 0 Å². The molecule has 0 saturated carbocycles. The molecule has 3 aromatic rings. The summed E-state index contributed by atoms with van der Waals surface area (Å²) in [5, 5.41) is 6.12. The van der Waals surface area contributed by atoms with Crippen LogP contribution in [0, 0.1) is 7.14 Å². The van der Waals surface area contributed by atoms with Gasteiger partial charge in [0.2, 0.25) is 0 Å². The number of amides is 1. The Kier molecular flexibility index (Phi) is 7.02. The quantitative estimate of drug-likeness (QED) is 0.289. The van der Waals surface area contributed by atoms with Gasteiger partial charge >= 0.3 is 0 Å². The number of carbonyl (C=O) groups excluding carboxylic acids is 1. The van der Waals surface area contributed by atoms with Crippen LogP contribution in [-0.4, -0.2) is 11.1 Å². The summed E-state index contributed by atoms with van der Waals surface area (Å²) in [5.74, 6) is 0.381. The summed E-state index contributed by atoms with van der Waals surface area (Å²) in [5.41, 5.74) is 2.15. The molecular formula is C20H14I2N2O2S. The largest absolute Gasteiger partial charge is 0.432 e. The number of anilines is 2. The van der Waals surface area contributed by atoms with Gasteiger partial charge in [-0.25, -0.2) is 0 Å². The van der Waals surface area contributed by atoms with Gasteiger partial charge in [0, 0.05) is 24.1 Å². The SMILES string of the molecule is O=C(Nc1ccc(I)cc1)c1ccc(OC(=S)Nc2ccc(I)cc2)cc1. The minimum atomic E-state index is -0.178. The van der Waals surface area contributed by atoms with Crippen molar-refractivity contribution in [3.05, 3.63) is 85.5 Å². The third-order valence-electron chi connectivity index (χ3n) is 3.52. The number of carbonyl (C=O) groups is 1. The van der Waals surface area contributed by atoms with Crippen molar-refractivity contribution in [3.63, 3.8) is 0 Å². The lowest BCUT2D eigenvalue weighted by molar-refractivity contribution is 0.102. The number of halogens is 2. The van der Waals surface area contributed by atoms with Gasteiger partial charge in [0.25, 0.3) is 11.1 Å². The van der Waals surface area contributed by atoms with Crippen LogP contribution in [0.3, 0.4) is 0 Å². The lowest BCUT2D eigenvalue weighted by Crippen LogP contribution is -2.16. The Hall–Kier alpha value is -1.72. The minimum Gasteiger partial charge on any atom is -0.432 e. The third-order valence-corrected chi connectivity index (χ3v) is 5.14. The van der Waals surface area contributed by atoms with Gasteiger partial charge in [-0.1, -0.05) is 0 Å². The molecule has 2 N–H and O–H groups in total. The maximum absolute atomic E-state index is 12.3. The fourth-order valence-corrected chi connectivity index (χ4v) is 3.13. The van der Waals surface area contributed by atoms with E-state index in [1.165, 1.54) is 0 Å². The number of benzene rings is 3. The van der Waals surface area contributed by atoms with Gasteiger partial charge in [0.15, 0.2) is 0 Å². The highest BCUT2D eigenvalue weighted by Crippen LogP contribution is 2.17. The van der Waals surface area contributed by atoms with Crippen molar-refractivity contribution in [2.75, 3.05) is 10.6 Å². The Balaban J connectivity index is 1.57. The van der Waals surface area contributed by atoms with E-state index in [1.807, 2.05) is 48.5 Å². The first-order valence-corrected chi connectivity index (χ1v) is 10.5. The number of rotatable bonds is 4. The molecule has 0 heterocycles. The van der Waals surface area contributed by atoms with Crippen LogP contribution in [0.1, 0.15) is 10.4 Å². The molecule has 136 valence electrons. The normalized spacial score (nSPS) is 10.1. The van der Waals surface area contributed by atoms with Crippen LogP contribution < -0.4 is 15.4 Å². The van der Waals surface area contributed by atoms with E-state index in [0.29, 0.717) is 11.3 Å². The van der Waals surface area contributed by atoms with E-state index in [-0.39, 0.29) is 11.1 Å². The van der Waals surface area contributed by atoms with Gasteiger partial charge in [0.1, 0.15) is 5.75 Å². The van der Waals surface area contributed by atoms with E-state index in [9.17, 15) is 4.79 Å². The van der Waals surface area contributed by atoms with Gasteiger partial charge in [0.05, 0.1) is 0 Å². The molecule has 0 atom stereocenters. The lowest BCUT2D eigenvalue weighted by Gasteiger charge is -2.10. The highest BCUT2D eigenvalue weighted by atomic mass is 127. The molecule has 0 saturated heterocycles. The van der Waals surface area contributed by atoms with Crippen LogP contribution in [0.2, 0.25) is 0 Å². The standard InChI is InChI=1S/C20H14I2N2O2S/c21-14-3-7-16(8-4-14)23-19(25)13-1-11-18(12-2-13)26-20(27)24-17-9-5-15(22)6-10-17/h1-12H,(H,23,25)(H,24,27). The van der Waals surface area contributed by atoms with E-state index >= 15 is 0 Å². The van der Waals surface area contributed by atoms with Gasteiger partial charge in [-0.15, -0.1) is 0 Å². The predicted octanol–water partition coefficient (Wildman–Crippen LogP) is 5.92. The van der Waals surface area contributed by atoms with Crippen LogP contribution in [0.4, 0.5) is 11.4 Å². The van der Waals surface area contributed by atoms with Crippen LogP contribution in [0.25, 0.3) is 0 Å². The second kappa shape index (κ2) is 9.47. The second-order valence-electron chi connectivity index (χ2n) is 5.51. The fourth-order valence-electron chi connectivity index (χ4n) is 2.19. The number of hydrogen-bond donors (Lipinski definition) is 2. The molecule has 7 heteroatoms. The highest BCUT2D eigenvalue weighted by molar-refractivity contribution is 14.1. The van der Waals surface area contributed by atoms with Crippen LogP contribution >= 0.6 is 57.4 Å². The Labute approximate surface area is 190 Å². The van der Waals surface area contributed by atoms with Crippen LogP contribution in [0.5, 0.6) is 5.75 Å². The van der Waals surface area contributed by atoms with E-state index < -0.39 is 0 Å². The molecule has 4 nitrogen and oxygen atoms in total. The van der Waals surface area contributed by atoms with Crippen molar-refractivity contribution < 1.29 is 9.53 Å². The summed E-state index contributed by atoms with van der Waals surface area (Å²) in [6.07, 6.45) is 0. The van der Waals surface area contributed by atoms with Crippen LogP contribution in [-0.2, 0) is 0 Å². The molecule has 0 spiro atoms. The van der Waals surface area contributed by atoms with E-state index in [4.69, 9.17) is 17.0 Å². The molecule has 0 unspecified atom stereocenters. The zero-order chi connectivity index (χ0) is 19.2. The van der Waals surface area contributed by atoms with Crippen LogP contribution in [0.15, 0.2) is 72.8 Å². The number of hydrogen-bond acceptors (Lipinski definition) is 3.